The molecule has 7 nitrogen and oxygen atoms in total. The Hall–Kier alpha value is -1.34. The zero-order valence-electron chi connectivity index (χ0n) is 11.3. The number of likely N-dealkylation sites (tertiary alicyclic amines) is 1. The van der Waals surface area contributed by atoms with Crippen molar-refractivity contribution in [2.24, 2.45) is 0 Å². The number of hydrogen-bond acceptors (Lipinski definition) is 4. The van der Waals surface area contributed by atoms with E-state index in [0.29, 0.717) is 0 Å². The summed E-state index contributed by atoms with van der Waals surface area (Å²) in [6.07, 6.45) is 3.63. The fourth-order valence-electron chi connectivity index (χ4n) is 2.18. The van der Waals surface area contributed by atoms with Crippen molar-refractivity contribution < 1.29 is 19.8 Å². The van der Waals surface area contributed by atoms with Gasteiger partial charge >= 0.3 is 12.0 Å². The average Bonchev–Trinajstić information content (AvgIpc) is 2.36. The largest absolute Gasteiger partial charge is 0.480 e. The molecule has 0 aliphatic carbocycles. The number of carbonyl (C=O) groups is 2. The number of urea groups is 1. The molecule has 4 N–H and O–H groups in total. The molecule has 19 heavy (non-hydrogen) atoms. The average molecular weight is 273 g/mol. The molecule has 0 aromatic rings. The van der Waals surface area contributed by atoms with E-state index in [2.05, 4.69) is 15.5 Å². The van der Waals surface area contributed by atoms with Crippen molar-refractivity contribution in [3.8, 4) is 0 Å². The number of aliphatic hydroxyl groups is 1. The standard InChI is InChI=1S/C12H23N3O4/c1-9(7-15-5-3-2-4-6-15)13-12(19)14-10(8-16)11(17)18/h9-10,16H,2-8H2,1H3,(H,17,18)(H2,13,14,19)/t9?,10-/m1/s1. The van der Waals surface area contributed by atoms with E-state index in [9.17, 15) is 9.59 Å². The topological polar surface area (TPSA) is 102 Å². The first kappa shape index (κ1) is 15.7. The van der Waals surface area contributed by atoms with Crippen LogP contribution >= 0.6 is 0 Å². The molecule has 1 rings (SSSR count). The van der Waals surface area contributed by atoms with Gasteiger partial charge in [0.15, 0.2) is 6.04 Å². The molecule has 0 bridgehead atoms. The first-order valence-corrected chi connectivity index (χ1v) is 6.66. The van der Waals surface area contributed by atoms with Gasteiger partial charge in [-0.15, -0.1) is 0 Å². The van der Waals surface area contributed by atoms with Gasteiger partial charge in [0.05, 0.1) is 6.61 Å². The summed E-state index contributed by atoms with van der Waals surface area (Å²) in [5.74, 6) is -1.25. The predicted octanol–water partition coefficient (Wildman–Crippen LogP) is -0.394. The molecule has 1 aliphatic rings. The Morgan fingerprint density at radius 2 is 1.84 bits per heavy atom. The van der Waals surface area contributed by atoms with Crippen molar-refractivity contribution in [2.75, 3.05) is 26.2 Å². The summed E-state index contributed by atoms with van der Waals surface area (Å²) >= 11 is 0. The van der Waals surface area contributed by atoms with Crippen LogP contribution in [0.25, 0.3) is 0 Å². The Morgan fingerprint density at radius 3 is 2.37 bits per heavy atom. The molecule has 2 atom stereocenters. The van der Waals surface area contributed by atoms with E-state index in [1.165, 1.54) is 19.3 Å². The Bertz CT molecular complexity index is 305. The van der Waals surface area contributed by atoms with E-state index in [-0.39, 0.29) is 6.04 Å². The highest BCUT2D eigenvalue weighted by molar-refractivity contribution is 5.82. The molecule has 1 aliphatic heterocycles. The lowest BCUT2D eigenvalue weighted by atomic mass is 10.1. The van der Waals surface area contributed by atoms with Gasteiger partial charge in [-0.25, -0.2) is 9.59 Å². The number of nitrogens with one attached hydrogen (secondary N) is 2. The van der Waals surface area contributed by atoms with Gasteiger partial charge in [0.25, 0.3) is 0 Å². The van der Waals surface area contributed by atoms with Gasteiger partial charge in [0.2, 0.25) is 0 Å². The van der Waals surface area contributed by atoms with E-state index >= 15 is 0 Å². The van der Waals surface area contributed by atoms with E-state index in [1.54, 1.807) is 0 Å². The lowest BCUT2D eigenvalue weighted by Crippen LogP contribution is -2.52. The smallest absolute Gasteiger partial charge is 0.328 e. The number of carboxylic acids is 1. The second-order valence-electron chi connectivity index (χ2n) is 4.95. The molecule has 110 valence electrons. The van der Waals surface area contributed by atoms with Crippen LogP contribution in [0.3, 0.4) is 0 Å². The maximum atomic E-state index is 11.6. The van der Waals surface area contributed by atoms with Crippen LogP contribution in [-0.4, -0.2) is 65.4 Å². The minimum atomic E-state index is -1.26. The number of carboxylic acid groups (broad SMARTS) is 1. The molecule has 0 aromatic carbocycles. The van der Waals surface area contributed by atoms with Crippen LogP contribution in [-0.2, 0) is 4.79 Å². The van der Waals surface area contributed by atoms with Crippen molar-refractivity contribution in [1.29, 1.82) is 0 Å². The molecule has 0 spiro atoms. The van der Waals surface area contributed by atoms with Gasteiger partial charge in [-0.3, -0.25) is 0 Å². The first-order chi connectivity index (χ1) is 9.02. The summed E-state index contributed by atoms with van der Waals surface area (Å²) in [6, 6.07) is -1.89. The van der Waals surface area contributed by atoms with Crippen LogP contribution in [0, 0.1) is 0 Å². The molecule has 0 aromatic heterocycles. The van der Waals surface area contributed by atoms with Gasteiger partial charge in [0, 0.05) is 12.6 Å². The molecule has 1 heterocycles. The molecule has 7 heteroatoms. The van der Waals surface area contributed by atoms with Crippen LogP contribution in [0.4, 0.5) is 4.79 Å². The van der Waals surface area contributed by atoms with Crippen molar-refractivity contribution in [2.45, 2.75) is 38.3 Å². The first-order valence-electron chi connectivity index (χ1n) is 6.66. The van der Waals surface area contributed by atoms with Crippen LogP contribution in [0.5, 0.6) is 0 Å². The summed E-state index contributed by atoms with van der Waals surface area (Å²) in [5.41, 5.74) is 0. The normalized spacial score (nSPS) is 19.5. The SMILES string of the molecule is CC(CN1CCCCC1)NC(=O)N[C@H](CO)C(=O)O. The quantitative estimate of drug-likeness (QED) is 0.528. The number of rotatable bonds is 6. The second kappa shape index (κ2) is 7.96. The molecular weight excluding hydrogens is 250 g/mol. The van der Waals surface area contributed by atoms with Gasteiger partial charge in [-0.05, 0) is 32.9 Å². The Labute approximate surface area is 113 Å². The highest BCUT2D eigenvalue weighted by Gasteiger charge is 2.20. The fourth-order valence-corrected chi connectivity index (χ4v) is 2.18. The maximum absolute atomic E-state index is 11.6. The molecule has 2 amide bonds. The van der Waals surface area contributed by atoms with Crippen LogP contribution in [0.1, 0.15) is 26.2 Å². The highest BCUT2D eigenvalue weighted by atomic mass is 16.4. The number of aliphatic hydroxyl groups excluding tert-OH is 1. The summed E-state index contributed by atoms with van der Waals surface area (Å²) in [6.45, 7) is 4.10. The van der Waals surface area contributed by atoms with E-state index in [4.69, 9.17) is 10.2 Å². The van der Waals surface area contributed by atoms with E-state index < -0.39 is 24.6 Å². The molecule has 1 saturated heterocycles. The van der Waals surface area contributed by atoms with Crippen molar-refractivity contribution in [1.82, 2.24) is 15.5 Å². The number of hydrogen-bond donors (Lipinski definition) is 4. The van der Waals surface area contributed by atoms with Crippen LogP contribution in [0.15, 0.2) is 0 Å². The third-order valence-electron chi connectivity index (χ3n) is 3.14. The number of nitrogens with zero attached hydrogens (tertiary/aromatic N) is 1. The number of aliphatic carboxylic acids is 1. The predicted molar refractivity (Wildman–Crippen MR) is 69.9 cm³/mol. The summed E-state index contributed by atoms with van der Waals surface area (Å²) in [5, 5.41) is 22.4. The second-order valence-corrected chi connectivity index (χ2v) is 4.95. The number of carbonyl (C=O) groups excluding carboxylic acids is 1. The van der Waals surface area contributed by atoms with Crippen LogP contribution in [0.2, 0.25) is 0 Å². The molecule has 1 unspecified atom stereocenters. The Balaban J connectivity index is 2.28. The lowest BCUT2D eigenvalue weighted by molar-refractivity contribution is -0.140. The van der Waals surface area contributed by atoms with Gasteiger partial charge in [-0.1, -0.05) is 6.42 Å². The van der Waals surface area contributed by atoms with Gasteiger partial charge in [0.1, 0.15) is 0 Å². The minimum Gasteiger partial charge on any atom is -0.480 e. The number of amides is 2. The van der Waals surface area contributed by atoms with Crippen molar-refractivity contribution in [3.63, 3.8) is 0 Å². The monoisotopic (exact) mass is 273 g/mol. The third kappa shape index (κ3) is 5.89. The lowest BCUT2D eigenvalue weighted by Gasteiger charge is -2.29. The van der Waals surface area contributed by atoms with E-state index in [0.717, 1.165) is 19.6 Å². The number of piperidine rings is 1. The zero-order valence-corrected chi connectivity index (χ0v) is 11.3. The van der Waals surface area contributed by atoms with Crippen molar-refractivity contribution >= 4 is 12.0 Å². The van der Waals surface area contributed by atoms with Gasteiger partial charge in [-0.2, -0.15) is 0 Å². The molecule has 0 saturated carbocycles. The molecule has 1 fully saturated rings. The third-order valence-corrected chi connectivity index (χ3v) is 3.14. The highest BCUT2D eigenvalue weighted by Crippen LogP contribution is 2.08. The maximum Gasteiger partial charge on any atom is 0.328 e. The summed E-state index contributed by atoms with van der Waals surface area (Å²) in [4.78, 5) is 24.5. The summed E-state index contributed by atoms with van der Waals surface area (Å²) in [7, 11) is 0. The van der Waals surface area contributed by atoms with Gasteiger partial charge < -0.3 is 25.7 Å². The van der Waals surface area contributed by atoms with Crippen molar-refractivity contribution in [3.05, 3.63) is 0 Å². The molecular formula is C12H23N3O4. The zero-order chi connectivity index (χ0) is 14.3. The van der Waals surface area contributed by atoms with E-state index in [1.807, 2.05) is 6.92 Å². The Morgan fingerprint density at radius 1 is 1.21 bits per heavy atom. The van der Waals surface area contributed by atoms with Crippen LogP contribution < -0.4 is 10.6 Å². The Kier molecular flexibility index (Phi) is 6.58. The molecule has 0 radical (unpaired) electrons. The fraction of sp³-hybridized carbons (Fsp3) is 0.833. The summed E-state index contributed by atoms with van der Waals surface area (Å²) < 4.78 is 0. The minimum absolute atomic E-state index is 0.0637.